The van der Waals surface area contributed by atoms with Crippen LogP contribution < -0.4 is 5.32 Å². The summed E-state index contributed by atoms with van der Waals surface area (Å²) in [6.07, 6.45) is 0. The molecule has 3 aromatic rings. The number of hydrogen-bond donors (Lipinski definition) is 1. The molecule has 1 aliphatic rings. The minimum absolute atomic E-state index is 0.0264. The number of benzene rings is 2. The molecule has 2 heterocycles. The van der Waals surface area contributed by atoms with Crippen LogP contribution in [0.3, 0.4) is 0 Å². The predicted molar refractivity (Wildman–Crippen MR) is 124 cm³/mol. The number of carbonyl (C=O) groups is 1. The number of hydrogen-bond acceptors (Lipinski definition) is 7. The topological polar surface area (TPSA) is 102 Å². The Balaban J connectivity index is 1.44. The highest BCUT2D eigenvalue weighted by Crippen LogP contribution is 2.24. The molecule has 0 spiro atoms. The van der Waals surface area contributed by atoms with E-state index in [0.29, 0.717) is 31.1 Å². The van der Waals surface area contributed by atoms with Crippen LogP contribution in [0.1, 0.15) is 29.0 Å². The monoisotopic (exact) mass is 469 g/mol. The summed E-state index contributed by atoms with van der Waals surface area (Å²) in [7, 11) is -3.28. The third kappa shape index (κ3) is 5.50. The van der Waals surface area contributed by atoms with Crippen LogP contribution in [0.5, 0.6) is 0 Å². The first-order valence-corrected chi connectivity index (χ1v) is 12.6. The average Bonchev–Trinajstić information content (AvgIpc) is 3.36. The van der Waals surface area contributed by atoms with Crippen molar-refractivity contribution in [2.45, 2.75) is 17.9 Å². The van der Waals surface area contributed by atoms with Gasteiger partial charge in [-0.1, -0.05) is 42.4 Å². The Morgan fingerprint density at radius 2 is 1.79 bits per heavy atom. The maximum absolute atomic E-state index is 12.8. The SMILES string of the molecule is CCS(=O)(=O)c1ccc(-c2cc(C(=O)NCC(c3ccccc3)N3CCOCC3)no2)cc1. The highest BCUT2D eigenvalue weighted by molar-refractivity contribution is 7.91. The summed E-state index contributed by atoms with van der Waals surface area (Å²) in [5.74, 6) is 0.102. The number of carbonyl (C=O) groups excluding carboxylic acids is 1. The van der Waals surface area contributed by atoms with E-state index in [-0.39, 0.29) is 28.3 Å². The van der Waals surface area contributed by atoms with E-state index in [2.05, 4.69) is 27.5 Å². The molecule has 8 nitrogen and oxygen atoms in total. The highest BCUT2D eigenvalue weighted by atomic mass is 32.2. The molecule has 1 fully saturated rings. The molecule has 1 amide bonds. The van der Waals surface area contributed by atoms with Crippen molar-refractivity contribution < 1.29 is 22.5 Å². The van der Waals surface area contributed by atoms with Crippen LogP contribution >= 0.6 is 0 Å². The van der Waals surface area contributed by atoms with Crippen molar-refractivity contribution in [2.75, 3.05) is 38.6 Å². The molecular formula is C24H27N3O5S. The van der Waals surface area contributed by atoms with Crippen molar-refractivity contribution >= 4 is 15.7 Å². The Bertz CT molecular complexity index is 1170. The maximum Gasteiger partial charge on any atom is 0.273 e. The third-order valence-corrected chi connectivity index (χ3v) is 7.50. The van der Waals surface area contributed by atoms with Crippen molar-refractivity contribution in [1.29, 1.82) is 0 Å². The molecule has 9 heteroatoms. The highest BCUT2D eigenvalue weighted by Gasteiger charge is 2.24. The van der Waals surface area contributed by atoms with E-state index < -0.39 is 9.84 Å². The van der Waals surface area contributed by atoms with E-state index in [4.69, 9.17) is 9.26 Å². The van der Waals surface area contributed by atoms with Gasteiger partial charge in [0.1, 0.15) is 0 Å². The second-order valence-electron chi connectivity index (χ2n) is 7.79. The van der Waals surface area contributed by atoms with Gasteiger partial charge < -0.3 is 14.6 Å². The Labute approximate surface area is 193 Å². The molecule has 174 valence electrons. The summed E-state index contributed by atoms with van der Waals surface area (Å²) in [5, 5.41) is 6.88. The zero-order valence-corrected chi connectivity index (χ0v) is 19.3. The number of morpholine rings is 1. The van der Waals surface area contributed by atoms with Crippen LogP contribution in [-0.2, 0) is 14.6 Å². The van der Waals surface area contributed by atoms with Crippen molar-refractivity contribution in [2.24, 2.45) is 0 Å². The molecule has 1 saturated heterocycles. The summed E-state index contributed by atoms with van der Waals surface area (Å²) < 4.78 is 34.8. The fourth-order valence-electron chi connectivity index (χ4n) is 3.81. The smallest absolute Gasteiger partial charge is 0.273 e. The second-order valence-corrected chi connectivity index (χ2v) is 10.1. The van der Waals surface area contributed by atoms with Crippen molar-refractivity contribution in [3.05, 3.63) is 71.9 Å². The number of nitrogens with zero attached hydrogens (tertiary/aromatic N) is 2. The number of ether oxygens (including phenoxy) is 1. The van der Waals surface area contributed by atoms with Gasteiger partial charge in [0.25, 0.3) is 5.91 Å². The van der Waals surface area contributed by atoms with Crippen LogP contribution in [0.2, 0.25) is 0 Å². The quantitative estimate of drug-likeness (QED) is 0.541. The molecule has 1 atom stereocenters. The summed E-state index contributed by atoms with van der Waals surface area (Å²) in [6.45, 7) is 4.96. The van der Waals surface area contributed by atoms with Gasteiger partial charge in [0.05, 0.1) is 29.9 Å². The minimum Gasteiger partial charge on any atom is -0.379 e. The fraction of sp³-hybridized carbons (Fsp3) is 0.333. The molecule has 2 aromatic carbocycles. The molecule has 1 unspecified atom stereocenters. The maximum atomic E-state index is 12.8. The van der Waals surface area contributed by atoms with Gasteiger partial charge in [0.2, 0.25) is 0 Å². The molecular weight excluding hydrogens is 442 g/mol. The molecule has 0 radical (unpaired) electrons. The van der Waals surface area contributed by atoms with Crippen LogP contribution in [0, 0.1) is 0 Å². The molecule has 33 heavy (non-hydrogen) atoms. The van der Waals surface area contributed by atoms with Gasteiger partial charge in [-0.05, 0) is 29.8 Å². The van der Waals surface area contributed by atoms with Crippen molar-refractivity contribution in [1.82, 2.24) is 15.4 Å². The van der Waals surface area contributed by atoms with Crippen molar-refractivity contribution in [3.63, 3.8) is 0 Å². The molecule has 1 N–H and O–H groups in total. The minimum atomic E-state index is -3.28. The first-order chi connectivity index (χ1) is 16.0. The zero-order chi connectivity index (χ0) is 23.3. The fourth-order valence-corrected chi connectivity index (χ4v) is 4.70. The molecule has 4 rings (SSSR count). The number of nitrogens with one attached hydrogen (secondary N) is 1. The standard InChI is InChI=1S/C24H27N3O5S/c1-2-33(29,30)20-10-8-19(9-11-20)23-16-21(26-32-23)24(28)25-17-22(18-6-4-3-5-7-18)27-12-14-31-15-13-27/h3-11,16,22H,2,12-15,17H2,1H3,(H,25,28). The lowest BCUT2D eigenvalue weighted by atomic mass is 10.0. The lowest BCUT2D eigenvalue weighted by Gasteiger charge is -2.34. The number of sulfone groups is 1. The zero-order valence-electron chi connectivity index (χ0n) is 18.4. The lowest BCUT2D eigenvalue weighted by Crippen LogP contribution is -2.43. The summed E-state index contributed by atoms with van der Waals surface area (Å²) in [5.41, 5.74) is 1.94. The van der Waals surface area contributed by atoms with Gasteiger partial charge in [0, 0.05) is 31.3 Å². The van der Waals surface area contributed by atoms with Crippen LogP contribution in [0.25, 0.3) is 11.3 Å². The number of aromatic nitrogens is 1. The van der Waals surface area contributed by atoms with Crippen LogP contribution in [0.4, 0.5) is 0 Å². The number of rotatable bonds is 8. The van der Waals surface area contributed by atoms with Gasteiger partial charge in [0.15, 0.2) is 21.3 Å². The molecule has 0 bridgehead atoms. The summed E-state index contributed by atoms with van der Waals surface area (Å²) in [4.78, 5) is 15.3. The first-order valence-electron chi connectivity index (χ1n) is 10.9. The lowest BCUT2D eigenvalue weighted by molar-refractivity contribution is 0.0162. The molecule has 0 saturated carbocycles. The summed E-state index contributed by atoms with van der Waals surface area (Å²) in [6, 6.07) is 18.0. The van der Waals surface area contributed by atoms with E-state index in [1.54, 1.807) is 25.1 Å². The van der Waals surface area contributed by atoms with Gasteiger partial charge >= 0.3 is 0 Å². The van der Waals surface area contributed by atoms with Crippen LogP contribution in [0.15, 0.2) is 70.1 Å². The van der Waals surface area contributed by atoms with E-state index in [9.17, 15) is 13.2 Å². The Morgan fingerprint density at radius 3 is 2.45 bits per heavy atom. The third-order valence-electron chi connectivity index (χ3n) is 5.75. The number of amides is 1. The molecule has 0 aliphatic carbocycles. The molecule has 1 aliphatic heterocycles. The van der Waals surface area contributed by atoms with E-state index in [0.717, 1.165) is 18.7 Å². The van der Waals surface area contributed by atoms with E-state index in [1.807, 2.05) is 18.2 Å². The van der Waals surface area contributed by atoms with E-state index in [1.165, 1.54) is 12.1 Å². The van der Waals surface area contributed by atoms with Gasteiger partial charge in [-0.3, -0.25) is 9.69 Å². The Morgan fingerprint density at radius 1 is 1.09 bits per heavy atom. The Kier molecular flexibility index (Phi) is 7.22. The van der Waals surface area contributed by atoms with Gasteiger partial charge in [-0.2, -0.15) is 0 Å². The molecule has 1 aromatic heterocycles. The van der Waals surface area contributed by atoms with Gasteiger partial charge in [-0.25, -0.2) is 8.42 Å². The van der Waals surface area contributed by atoms with E-state index >= 15 is 0 Å². The summed E-state index contributed by atoms with van der Waals surface area (Å²) >= 11 is 0. The Hall–Kier alpha value is -3.01. The average molecular weight is 470 g/mol. The van der Waals surface area contributed by atoms with Crippen LogP contribution in [-0.4, -0.2) is 63.0 Å². The predicted octanol–water partition coefficient (Wildman–Crippen LogP) is 2.94. The first kappa shape index (κ1) is 23.2. The largest absolute Gasteiger partial charge is 0.379 e. The van der Waals surface area contributed by atoms with Gasteiger partial charge in [-0.15, -0.1) is 0 Å². The second kappa shape index (κ2) is 10.3. The normalized spacial score (nSPS) is 15.8. The van der Waals surface area contributed by atoms with Crippen molar-refractivity contribution in [3.8, 4) is 11.3 Å².